The van der Waals surface area contributed by atoms with Gasteiger partial charge in [0.2, 0.25) is 11.9 Å². The molecule has 8 heteroatoms. The number of aromatic nitrogens is 2. The van der Waals surface area contributed by atoms with Crippen LogP contribution in [0.15, 0.2) is 35.1 Å². The van der Waals surface area contributed by atoms with E-state index in [1.165, 1.54) is 6.42 Å². The number of hydrogen-bond acceptors (Lipinski definition) is 6. The molecule has 1 amide bonds. The summed E-state index contributed by atoms with van der Waals surface area (Å²) in [5, 5.41) is 0. The number of nitrogens with one attached hydrogen (secondary N) is 3. The molecular weight excluding hydrogens is 392 g/mol. The van der Waals surface area contributed by atoms with Crippen LogP contribution in [0.25, 0.3) is 0 Å². The van der Waals surface area contributed by atoms with Crippen LogP contribution in [0.2, 0.25) is 0 Å². The standard InChI is InChI=1S/C23H30N6O2/c1-15-6-5-10-29(13-15)23-25-19-9-11-28(14-18(19)21(30)26-23)22(31)17-12-24-27-20(17)16-7-3-2-4-8-16/h2-4,7-8,15,17,20,24,27H,5-6,9-14H2,1H3,(H,25,26,30). The molecule has 0 saturated carbocycles. The van der Waals surface area contributed by atoms with E-state index in [1.54, 1.807) is 0 Å². The minimum absolute atomic E-state index is 0.0741. The summed E-state index contributed by atoms with van der Waals surface area (Å²) < 4.78 is 0. The number of carbonyl (C=O) groups excluding carboxylic acids is 1. The molecule has 164 valence electrons. The first-order valence-electron chi connectivity index (χ1n) is 11.3. The Morgan fingerprint density at radius 1 is 1.19 bits per heavy atom. The van der Waals surface area contributed by atoms with E-state index in [9.17, 15) is 9.59 Å². The van der Waals surface area contributed by atoms with Gasteiger partial charge in [-0.15, -0.1) is 0 Å². The lowest BCUT2D eigenvalue weighted by Crippen LogP contribution is -2.44. The monoisotopic (exact) mass is 422 g/mol. The molecule has 2 fully saturated rings. The molecule has 8 nitrogen and oxygen atoms in total. The largest absolute Gasteiger partial charge is 0.342 e. The number of anilines is 1. The second-order valence-electron chi connectivity index (χ2n) is 9.04. The summed E-state index contributed by atoms with van der Waals surface area (Å²) in [5.41, 5.74) is 8.81. The van der Waals surface area contributed by atoms with Gasteiger partial charge in [-0.05, 0) is 24.3 Å². The Morgan fingerprint density at radius 2 is 2.03 bits per heavy atom. The van der Waals surface area contributed by atoms with E-state index in [0.717, 1.165) is 30.8 Å². The molecule has 0 bridgehead atoms. The number of fused-ring (bicyclic) bond motifs is 1. The second kappa shape index (κ2) is 8.43. The van der Waals surface area contributed by atoms with Crippen molar-refractivity contribution in [3.05, 3.63) is 57.5 Å². The van der Waals surface area contributed by atoms with E-state index in [0.29, 0.717) is 43.5 Å². The normalized spacial score (nSPS) is 26.0. The number of nitrogens with zero attached hydrogens (tertiary/aromatic N) is 3. The molecule has 3 aliphatic heterocycles. The summed E-state index contributed by atoms with van der Waals surface area (Å²) >= 11 is 0. The molecule has 3 unspecified atom stereocenters. The Bertz CT molecular complexity index is 1010. The number of benzene rings is 1. The van der Waals surface area contributed by atoms with Gasteiger partial charge in [0.25, 0.3) is 5.56 Å². The van der Waals surface area contributed by atoms with Gasteiger partial charge in [0.15, 0.2) is 0 Å². The molecule has 0 aliphatic carbocycles. The first kappa shape index (κ1) is 20.2. The number of hydrazine groups is 1. The average Bonchev–Trinajstić information content (AvgIpc) is 3.29. The summed E-state index contributed by atoms with van der Waals surface area (Å²) in [6.45, 7) is 5.58. The Kier molecular flexibility index (Phi) is 5.50. The van der Waals surface area contributed by atoms with Crippen LogP contribution in [-0.4, -0.2) is 47.0 Å². The molecular formula is C23H30N6O2. The zero-order valence-corrected chi connectivity index (χ0v) is 17.9. The minimum atomic E-state index is -0.204. The van der Waals surface area contributed by atoms with Crippen molar-refractivity contribution < 1.29 is 4.79 Å². The van der Waals surface area contributed by atoms with Gasteiger partial charge in [0, 0.05) is 32.6 Å². The summed E-state index contributed by atoms with van der Waals surface area (Å²) in [4.78, 5) is 38.0. The highest BCUT2D eigenvalue weighted by atomic mass is 16.2. The first-order chi connectivity index (χ1) is 15.1. The maximum absolute atomic E-state index is 13.4. The average molecular weight is 423 g/mol. The van der Waals surface area contributed by atoms with Gasteiger partial charge in [-0.25, -0.2) is 10.4 Å². The fourth-order valence-corrected chi connectivity index (χ4v) is 5.07. The van der Waals surface area contributed by atoms with Crippen LogP contribution in [0.4, 0.5) is 5.95 Å². The third kappa shape index (κ3) is 3.97. The Labute approximate surface area is 182 Å². The lowest BCUT2D eigenvalue weighted by Gasteiger charge is -2.34. The van der Waals surface area contributed by atoms with Gasteiger partial charge in [0.05, 0.1) is 29.8 Å². The maximum atomic E-state index is 13.4. The van der Waals surface area contributed by atoms with Crippen molar-refractivity contribution in [1.29, 1.82) is 0 Å². The molecule has 3 N–H and O–H groups in total. The number of hydrogen-bond donors (Lipinski definition) is 3. The highest BCUT2D eigenvalue weighted by Gasteiger charge is 2.38. The lowest BCUT2D eigenvalue weighted by atomic mass is 9.93. The van der Waals surface area contributed by atoms with Gasteiger partial charge >= 0.3 is 0 Å². The van der Waals surface area contributed by atoms with Crippen LogP contribution in [-0.2, 0) is 17.8 Å². The highest BCUT2D eigenvalue weighted by molar-refractivity contribution is 5.80. The second-order valence-corrected chi connectivity index (χ2v) is 9.04. The van der Waals surface area contributed by atoms with Crippen LogP contribution in [0.5, 0.6) is 0 Å². The van der Waals surface area contributed by atoms with Crippen molar-refractivity contribution in [1.82, 2.24) is 25.7 Å². The van der Waals surface area contributed by atoms with Crippen molar-refractivity contribution >= 4 is 11.9 Å². The van der Waals surface area contributed by atoms with Crippen molar-refractivity contribution in [2.45, 2.75) is 38.8 Å². The predicted molar refractivity (Wildman–Crippen MR) is 118 cm³/mol. The molecule has 3 atom stereocenters. The number of aromatic amines is 1. The highest BCUT2D eigenvalue weighted by Crippen LogP contribution is 2.28. The maximum Gasteiger partial charge on any atom is 0.257 e. The fraction of sp³-hybridized carbons (Fsp3) is 0.522. The van der Waals surface area contributed by atoms with E-state index in [4.69, 9.17) is 4.98 Å². The summed E-state index contributed by atoms with van der Waals surface area (Å²) in [5.74, 6) is 1.16. The zero-order chi connectivity index (χ0) is 21.4. The molecule has 5 rings (SSSR count). The van der Waals surface area contributed by atoms with Gasteiger partial charge < -0.3 is 9.80 Å². The van der Waals surface area contributed by atoms with Crippen LogP contribution in [0, 0.1) is 11.8 Å². The predicted octanol–water partition coefficient (Wildman–Crippen LogP) is 1.36. The first-order valence-corrected chi connectivity index (χ1v) is 11.3. The number of piperidine rings is 1. The fourth-order valence-electron chi connectivity index (χ4n) is 5.07. The van der Waals surface area contributed by atoms with E-state index in [2.05, 4.69) is 27.7 Å². The quantitative estimate of drug-likeness (QED) is 0.692. The summed E-state index contributed by atoms with van der Waals surface area (Å²) in [7, 11) is 0. The number of amides is 1. The zero-order valence-electron chi connectivity index (χ0n) is 17.9. The van der Waals surface area contributed by atoms with E-state index < -0.39 is 0 Å². The molecule has 0 spiro atoms. The number of H-pyrrole nitrogens is 1. The van der Waals surface area contributed by atoms with Gasteiger partial charge in [-0.3, -0.25) is 20.0 Å². The molecule has 4 heterocycles. The molecule has 2 aromatic rings. The Hall–Kier alpha value is -2.71. The third-order valence-corrected chi connectivity index (χ3v) is 6.78. The molecule has 1 aromatic heterocycles. The van der Waals surface area contributed by atoms with E-state index >= 15 is 0 Å². The number of carbonyl (C=O) groups is 1. The Morgan fingerprint density at radius 3 is 2.84 bits per heavy atom. The summed E-state index contributed by atoms with van der Waals surface area (Å²) in [6, 6.07) is 9.94. The van der Waals surface area contributed by atoms with Gasteiger partial charge in [0.1, 0.15) is 0 Å². The lowest BCUT2D eigenvalue weighted by molar-refractivity contribution is -0.136. The Balaban J connectivity index is 1.33. The molecule has 3 aliphatic rings. The topological polar surface area (TPSA) is 93.4 Å². The number of rotatable bonds is 3. The van der Waals surface area contributed by atoms with E-state index in [-0.39, 0.29) is 23.4 Å². The molecule has 0 radical (unpaired) electrons. The van der Waals surface area contributed by atoms with Gasteiger partial charge in [-0.2, -0.15) is 0 Å². The van der Waals surface area contributed by atoms with Crippen molar-refractivity contribution in [3.8, 4) is 0 Å². The van der Waals surface area contributed by atoms with Crippen molar-refractivity contribution in [3.63, 3.8) is 0 Å². The molecule has 2 saturated heterocycles. The van der Waals surface area contributed by atoms with Crippen LogP contribution in [0.3, 0.4) is 0 Å². The minimum Gasteiger partial charge on any atom is -0.342 e. The SMILES string of the molecule is CC1CCCN(c2nc3c(c(=O)[nH]2)CN(C(=O)C2CNNC2c2ccccc2)CC3)C1. The third-order valence-electron chi connectivity index (χ3n) is 6.78. The summed E-state index contributed by atoms with van der Waals surface area (Å²) in [6.07, 6.45) is 2.96. The van der Waals surface area contributed by atoms with Gasteiger partial charge in [-0.1, -0.05) is 37.3 Å². The van der Waals surface area contributed by atoms with E-state index in [1.807, 2.05) is 35.2 Å². The molecule has 31 heavy (non-hydrogen) atoms. The van der Waals surface area contributed by atoms with Crippen molar-refractivity contribution in [2.75, 3.05) is 31.1 Å². The molecule has 1 aromatic carbocycles. The van der Waals surface area contributed by atoms with Crippen molar-refractivity contribution in [2.24, 2.45) is 11.8 Å². The van der Waals surface area contributed by atoms with Crippen LogP contribution < -0.4 is 21.3 Å². The smallest absolute Gasteiger partial charge is 0.257 e. The van der Waals surface area contributed by atoms with Crippen LogP contribution >= 0.6 is 0 Å². The van der Waals surface area contributed by atoms with Crippen LogP contribution in [0.1, 0.15) is 42.6 Å².